The molecule has 0 bridgehead atoms. The second-order valence-electron chi connectivity index (χ2n) is 9.38. The molecular weight excluding hydrogens is 438 g/mol. The van der Waals surface area contributed by atoms with Gasteiger partial charge in [0.05, 0.1) is 31.7 Å². The number of amides is 3. The van der Waals surface area contributed by atoms with Gasteiger partial charge in [-0.15, -0.1) is 0 Å². The van der Waals surface area contributed by atoms with Gasteiger partial charge in [-0.2, -0.15) is 4.90 Å². The third-order valence-corrected chi connectivity index (χ3v) is 6.83. The highest BCUT2D eigenvalue weighted by molar-refractivity contribution is 6.16. The van der Waals surface area contributed by atoms with Crippen LogP contribution in [0.5, 0.6) is 5.75 Å². The highest BCUT2D eigenvalue weighted by atomic mass is 16.5. The van der Waals surface area contributed by atoms with E-state index in [1.165, 1.54) is 0 Å². The zero-order valence-corrected chi connectivity index (χ0v) is 20.0. The second-order valence-corrected chi connectivity index (χ2v) is 9.38. The zero-order chi connectivity index (χ0) is 25.2. The highest BCUT2D eigenvalue weighted by Crippen LogP contribution is 2.48. The van der Waals surface area contributed by atoms with E-state index >= 15 is 0 Å². The van der Waals surface area contributed by atoms with Gasteiger partial charge in [0.1, 0.15) is 5.75 Å². The predicted molar refractivity (Wildman–Crippen MR) is 125 cm³/mol. The Morgan fingerprint density at radius 1 is 1.26 bits per heavy atom. The van der Waals surface area contributed by atoms with E-state index in [1.54, 1.807) is 18.2 Å². The van der Waals surface area contributed by atoms with Crippen LogP contribution in [0.1, 0.15) is 45.6 Å². The molecular formula is C26H33NO7. The summed E-state index contributed by atoms with van der Waals surface area (Å²) in [6.45, 7) is 5.41. The van der Waals surface area contributed by atoms with Crippen molar-refractivity contribution >= 4 is 24.0 Å². The number of hydrogen-bond acceptors (Lipinski definition) is 7. The zero-order valence-electron chi connectivity index (χ0n) is 20.0. The number of allylic oxidation sites excluding steroid dienone is 2. The maximum atomic E-state index is 13.0. The number of imide groups is 3. The van der Waals surface area contributed by atoms with Crippen molar-refractivity contribution in [1.82, 2.24) is 4.90 Å². The smallest absolute Gasteiger partial charge is 0.423 e. The van der Waals surface area contributed by atoms with Crippen LogP contribution in [0.15, 0.2) is 41.0 Å². The van der Waals surface area contributed by atoms with E-state index in [2.05, 4.69) is 4.74 Å². The van der Waals surface area contributed by atoms with Crippen LogP contribution in [0.4, 0.5) is 4.79 Å². The molecule has 3 N–H and O–H groups in total. The van der Waals surface area contributed by atoms with Crippen LogP contribution >= 0.6 is 0 Å². The van der Waals surface area contributed by atoms with Crippen LogP contribution in [-0.4, -0.2) is 57.9 Å². The molecule has 0 radical (unpaired) electrons. The van der Waals surface area contributed by atoms with Gasteiger partial charge in [-0.25, -0.2) is 4.79 Å². The number of ether oxygens (including phenoxy) is 1. The Labute approximate surface area is 199 Å². The van der Waals surface area contributed by atoms with E-state index in [4.69, 9.17) is 0 Å². The summed E-state index contributed by atoms with van der Waals surface area (Å²) in [6, 6.07) is 6.87. The number of likely N-dealkylation sites (tertiary alicyclic amines) is 1. The van der Waals surface area contributed by atoms with Crippen LogP contribution in [0.3, 0.4) is 0 Å². The van der Waals surface area contributed by atoms with E-state index in [1.807, 2.05) is 32.9 Å². The molecule has 4 atom stereocenters. The number of aliphatic hydroxyl groups is 2. The summed E-state index contributed by atoms with van der Waals surface area (Å²) in [5.74, 6) is -3.57. The second kappa shape index (κ2) is 10.5. The van der Waals surface area contributed by atoms with Crippen molar-refractivity contribution in [2.75, 3.05) is 13.7 Å². The molecule has 3 rings (SSSR count). The van der Waals surface area contributed by atoms with Gasteiger partial charge >= 0.3 is 6.09 Å². The van der Waals surface area contributed by atoms with Crippen LogP contribution < -0.4 is 0 Å². The normalized spacial score (nSPS) is 24.0. The van der Waals surface area contributed by atoms with Crippen LogP contribution in [-0.2, 0) is 14.3 Å². The molecule has 1 saturated heterocycles. The number of rotatable bonds is 7. The fourth-order valence-corrected chi connectivity index (χ4v) is 5.21. The maximum absolute atomic E-state index is 13.0. The summed E-state index contributed by atoms with van der Waals surface area (Å²) in [5, 5.41) is 31.1. The summed E-state index contributed by atoms with van der Waals surface area (Å²) >= 11 is 0. The minimum atomic E-state index is -1.03. The van der Waals surface area contributed by atoms with Gasteiger partial charge in [0, 0.05) is 5.92 Å². The molecule has 0 unspecified atom stereocenters. The quantitative estimate of drug-likeness (QED) is 0.412. The third kappa shape index (κ3) is 4.93. The molecule has 1 aliphatic carbocycles. The number of aromatic hydroxyl groups is 1. The Morgan fingerprint density at radius 3 is 2.56 bits per heavy atom. The first-order valence-electron chi connectivity index (χ1n) is 11.5. The first-order chi connectivity index (χ1) is 16.1. The molecule has 1 aromatic carbocycles. The van der Waals surface area contributed by atoms with Gasteiger partial charge in [-0.1, -0.05) is 43.2 Å². The summed E-state index contributed by atoms with van der Waals surface area (Å²) in [4.78, 5) is 38.5. The lowest BCUT2D eigenvalue weighted by Gasteiger charge is -2.38. The Bertz CT molecular complexity index is 1030. The van der Waals surface area contributed by atoms with E-state index in [0.717, 1.165) is 23.8 Å². The molecule has 1 heterocycles. The molecule has 34 heavy (non-hydrogen) atoms. The maximum Gasteiger partial charge on any atom is 0.423 e. The van der Waals surface area contributed by atoms with Crippen molar-refractivity contribution in [2.24, 2.45) is 23.7 Å². The van der Waals surface area contributed by atoms with Crippen molar-refractivity contribution in [3.05, 3.63) is 46.5 Å². The summed E-state index contributed by atoms with van der Waals surface area (Å²) in [5.41, 5.74) is 3.28. The van der Waals surface area contributed by atoms with Crippen LogP contribution in [0.2, 0.25) is 0 Å². The van der Waals surface area contributed by atoms with E-state index in [9.17, 15) is 29.7 Å². The van der Waals surface area contributed by atoms with Gasteiger partial charge in [-0.3, -0.25) is 9.59 Å². The molecule has 184 valence electrons. The summed E-state index contributed by atoms with van der Waals surface area (Å²) in [7, 11) is 1.11. The summed E-state index contributed by atoms with van der Waals surface area (Å²) in [6.07, 6.45) is 1.15. The van der Waals surface area contributed by atoms with Gasteiger partial charge in [0.25, 0.3) is 0 Å². The number of benzene rings is 1. The fraction of sp³-hybridized carbons (Fsp3) is 0.500. The minimum absolute atomic E-state index is 0.0151. The average molecular weight is 472 g/mol. The average Bonchev–Trinajstić information content (AvgIpc) is 3.05. The van der Waals surface area contributed by atoms with E-state index < -0.39 is 48.4 Å². The lowest BCUT2D eigenvalue weighted by molar-refractivity contribution is -0.137. The van der Waals surface area contributed by atoms with Gasteiger partial charge < -0.3 is 20.1 Å². The number of fused-ring (bicyclic) bond motifs is 1. The van der Waals surface area contributed by atoms with Crippen molar-refractivity contribution in [3.8, 4) is 5.75 Å². The number of carbonyl (C=O) groups is 3. The van der Waals surface area contributed by atoms with E-state index in [0.29, 0.717) is 23.3 Å². The Balaban J connectivity index is 1.87. The number of phenolic OH excluding ortho intramolecular Hbond substituents is 1. The van der Waals surface area contributed by atoms with Crippen molar-refractivity contribution in [3.63, 3.8) is 0 Å². The summed E-state index contributed by atoms with van der Waals surface area (Å²) < 4.78 is 4.62. The van der Waals surface area contributed by atoms with Crippen molar-refractivity contribution in [1.29, 1.82) is 0 Å². The van der Waals surface area contributed by atoms with E-state index in [-0.39, 0.29) is 18.1 Å². The molecule has 1 aromatic rings. The number of hydrogen-bond donors (Lipinski definition) is 3. The lowest BCUT2D eigenvalue weighted by atomic mass is 9.66. The van der Waals surface area contributed by atoms with Crippen molar-refractivity contribution in [2.45, 2.75) is 46.1 Å². The Kier molecular flexibility index (Phi) is 7.94. The molecule has 3 amide bonds. The molecule has 2 aliphatic rings. The molecule has 0 aromatic heterocycles. The lowest BCUT2D eigenvalue weighted by Crippen LogP contribution is -2.40. The number of carbonyl (C=O) groups excluding carboxylic acids is 3. The molecule has 0 saturated carbocycles. The largest absolute Gasteiger partial charge is 0.508 e. The van der Waals surface area contributed by atoms with Gasteiger partial charge in [0.15, 0.2) is 0 Å². The number of nitrogens with zero attached hydrogens (tertiary/aromatic N) is 1. The van der Waals surface area contributed by atoms with Gasteiger partial charge in [-0.05, 0) is 55.4 Å². The molecule has 1 fully saturated rings. The number of phenols is 1. The molecule has 0 spiro atoms. The molecule has 8 heteroatoms. The Hall–Kier alpha value is -2.97. The molecule has 1 aliphatic heterocycles. The highest BCUT2D eigenvalue weighted by Gasteiger charge is 2.57. The first kappa shape index (κ1) is 25.6. The standard InChI is InChI=1S/C26H33NO7/c1-14(2)18-12-19-23(25(32)27(24(19)31)26(33)34-4)20(13-28)22(18)21(30)9-8-15(3)10-16-6-5-7-17(29)11-16/h5-7,10-11,14,19-21,23,28-30H,8-9,12-13H2,1-4H3/b15-10+/t19-,20+,21-,23-/m1/s1. The van der Waals surface area contributed by atoms with Crippen LogP contribution in [0, 0.1) is 23.7 Å². The molecule has 8 nitrogen and oxygen atoms in total. The minimum Gasteiger partial charge on any atom is -0.508 e. The first-order valence-corrected chi connectivity index (χ1v) is 11.5. The Morgan fingerprint density at radius 2 is 1.97 bits per heavy atom. The fourth-order valence-electron chi connectivity index (χ4n) is 5.21. The monoisotopic (exact) mass is 471 g/mol. The topological polar surface area (TPSA) is 124 Å². The predicted octanol–water partition coefficient (Wildman–Crippen LogP) is 3.27. The van der Waals surface area contributed by atoms with Crippen molar-refractivity contribution < 1.29 is 34.4 Å². The number of aliphatic hydroxyl groups excluding tert-OH is 2. The SMILES string of the molecule is COC(=O)N1C(=O)[C@@H]2[C@@H](CC(C(C)C)=C([C@H](O)CC/C(C)=C/c3cccc(O)c3)[C@@H]2CO)C1=O. The van der Waals surface area contributed by atoms with Crippen LogP contribution in [0.25, 0.3) is 6.08 Å². The van der Waals surface area contributed by atoms with Gasteiger partial charge in [0.2, 0.25) is 11.8 Å². The number of methoxy groups -OCH3 is 1. The third-order valence-electron chi connectivity index (χ3n) is 6.83.